The summed E-state index contributed by atoms with van der Waals surface area (Å²) in [5, 5.41) is 8.41. The van der Waals surface area contributed by atoms with Gasteiger partial charge in [-0.1, -0.05) is 0 Å². The number of hydrogen-bond acceptors (Lipinski definition) is 2. The van der Waals surface area contributed by atoms with Crippen molar-refractivity contribution >= 4 is 5.97 Å². The lowest BCUT2D eigenvalue weighted by Crippen LogP contribution is -2.18. The largest absolute Gasteiger partial charge is 0.481 e. The molecule has 0 saturated heterocycles. The molecule has 3 nitrogen and oxygen atoms in total. The summed E-state index contributed by atoms with van der Waals surface area (Å²) in [5.74, 6) is -1.56. The van der Waals surface area contributed by atoms with Crippen LogP contribution in [0.25, 0.3) is 0 Å². The molecule has 0 fully saturated rings. The Morgan fingerprint density at radius 3 is 2.50 bits per heavy atom. The standard InChI is InChI=1S/C6H12FNO2/c7-3-1-5(2-4-8)6(9)10/h5H,1-4,8H2,(H,9,10). The second-order valence-corrected chi connectivity index (χ2v) is 2.09. The lowest BCUT2D eigenvalue weighted by atomic mass is 10.0. The molecule has 1 unspecified atom stereocenters. The van der Waals surface area contributed by atoms with Gasteiger partial charge >= 0.3 is 5.97 Å². The average Bonchev–Trinajstić information content (AvgIpc) is 1.87. The molecule has 0 rings (SSSR count). The number of nitrogens with two attached hydrogens (primary N) is 1. The molecule has 60 valence electrons. The molecule has 0 aliphatic carbocycles. The van der Waals surface area contributed by atoms with Gasteiger partial charge in [-0.15, -0.1) is 0 Å². The highest BCUT2D eigenvalue weighted by Crippen LogP contribution is 2.07. The summed E-state index contributed by atoms with van der Waals surface area (Å²) in [6.45, 7) is -0.284. The summed E-state index contributed by atoms with van der Waals surface area (Å²) in [7, 11) is 0. The van der Waals surface area contributed by atoms with Crippen molar-refractivity contribution in [3.8, 4) is 0 Å². The van der Waals surface area contributed by atoms with E-state index in [0.29, 0.717) is 13.0 Å². The molecule has 3 N–H and O–H groups in total. The van der Waals surface area contributed by atoms with Crippen LogP contribution in [0.5, 0.6) is 0 Å². The van der Waals surface area contributed by atoms with Crippen LogP contribution in [0, 0.1) is 5.92 Å². The van der Waals surface area contributed by atoms with Crippen LogP contribution in [0.4, 0.5) is 4.39 Å². The first-order valence-corrected chi connectivity index (χ1v) is 3.21. The van der Waals surface area contributed by atoms with Gasteiger partial charge in [0.2, 0.25) is 0 Å². The molecule has 0 aromatic rings. The molecule has 0 aromatic heterocycles. The van der Waals surface area contributed by atoms with Crippen molar-refractivity contribution < 1.29 is 14.3 Å². The number of hydrogen-bond donors (Lipinski definition) is 2. The Kier molecular flexibility index (Phi) is 4.84. The maximum atomic E-state index is 11.6. The Bertz CT molecular complexity index is 102. The first-order valence-electron chi connectivity index (χ1n) is 3.21. The van der Waals surface area contributed by atoms with Gasteiger partial charge in [-0.2, -0.15) is 0 Å². The monoisotopic (exact) mass is 149 g/mol. The normalized spacial score (nSPS) is 13.0. The molecule has 0 spiro atoms. The Morgan fingerprint density at radius 1 is 1.60 bits per heavy atom. The predicted molar refractivity (Wildman–Crippen MR) is 35.4 cm³/mol. The van der Waals surface area contributed by atoms with Gasteiger partial charge in [0.05, 0.1) is 12.6 Å². The average molecular weight is 149 g/mol. The molecular formula is C6H12FNO2. The first kappa shape index (κ1) is 9.36. The van der Waals surface area contributed by atoms with Crippen molar-refractivity contribution in [3.05, 3.63) is 0 Å². The number of carbonyl (C=O) groups is 1. The number of aliphatic carboxylic acids is 1. The highest BCUT2D eigenvalue weighted by Gasteiger charge is 2.15. The van der Waals surface area contributed by atoms with E-state index in [-0.39, 0.29) is 6.42 Å². The quantitative estimate of drug-likeness (QED) is 0.594. The minimum Gasteiger partial charge on any atom is -0.481 e. The van der Waals surface area contributed by atoms with E-state index in [9.17, 15) is 9.18 Å². The van der Waals surface area contributed by atoms with Crippen LogP contribution in [-0.2, 0) is 4.79 Å². The topological polar surface area (TPSA) is 63.3 Å². The number of alkyl halides is 1. The van der Waals surface area contributed by atoms with Gasteiger partial charge in [-0.25, -0.2) is 0 Å². The van der Waals surface area contributed by atoms with Crippen molar-refractivity contribution in [1.29, 1.82) is 0 Å². The number of carboxylic acid groups (broad SMARTS) is 1. The highest BCUT2D eigenvalue weighted by molar-refractivity contribution is 5.69. The molecule has 0 heterocycles. The molecular weight excluding hydrogens is 137 g/mol. The Labute approximate surface area is 59.0 Å². The fourth-order valence-electron chi connectivity index (χ4n) is 0.724. The molecule has 0 aromatic carbocycles. The van der Waals surface area contributed by atoms with E-state index >= 15 is 0 Å². The van der Waals surface area contributed by atoms with Crippen molar-refractivity contribution in [2.45, 2.75) is 12.8 Å². The van der Waals surface area contributed by atoms with Crippen molar-refractivity contribution in [2.24, 2.45) is 11.7 Å². The smallest absolute Gasteiger partial charge is 0.306 e. The van der Waals surface area contributed by atoms with Crippen molar-refractivity contribution in [2.75, 3.05) is 13.2 Å². The molecule has 0 saturated carbocycles. The van der Waals surface area contributed by atoms with Crippen LogP contribution < -0.4 is 5.73 Å². The summed E-state index contributed by atoms with van der Waals surface area (Å²) in [6.07, 6.45) is 0.436. The zero-order chi connectivity index (χ0) is 7.98. The Morgan fingerprint density at radius 2 is 2.20 bits per heavy atom. The van der Waals surface area contributed by atoms with Crippen LogP contribution in [0.3, 0.4) is 0 Å². The van der Waals surface area contributed by atoms with Crippen LogP contribution in [-0.4, -0.2) is 24.3 Å². The molecule has 0 amide bonds. The second kappa shape index (κ2) is 5.17. The molecule has 10 heavy (non-hydrogen) atoms. The van der Waals surface area contributed by atoms with Crippen LogP contribution >= 0.6 is 0 Å². The summed E-state index contributed by atoms with van der Waals surface area (Å²) in [4.78, 5) is 10.3. The fraction of sp³-hybridized carbons (Fsp3) is 0.833. The third-order valence-corrected chi connectivity index (χ3v) is 1.32. The maximum absolute atomic E-state index is 11.6. The van der Waals surface area contributed by atoms with Crippen molar-refractivity contribution in [3.63, 3.8) is 0 Å². The van der Waals surface area contributed by atoms with Crippen LogP contribution in [0.15, 0.2) is 0 Å². The van der Waals surface area contributed by atoms with Gasteiger partial charge in [0.1, 0.15) is 0 Å². The Balaban J connectivity index is 3.61. The van der Waals surface area contributed by atoms with E-state index in [1.54, 1.807) is 0 Å². The van der Waals surface area contributed by atoms with E-state index in [1.165, 1.54) is 0 Å². The van der Waals surface area contributed by atoms with Crippen LogP contribution in [0.1, 0.15) is 12.8 Å². The number of halogens is 1. The van der Waals surface area contributed by atoms with E-state index in [0.717, 1.165) is 0 Å². The third-order valence-electron chi connectivity index (χ3n) is 1.32. The summed E-state index contributed by atoms with van der Waals surface area (Å²) >= 11 is 0. The lowest BCUT2D eigenvalue weighted by Gasteiger charge is -2.06. The zero-order valence-electron chi connectivity index (χ0n) is 5.72. The van der Waals surface area contributed by atoms with E-state index in [1.807, 2.05) is 0 Å². The minimum absolute atomic E-state index is 0.0759. The molecule has 4 heteroatoms. The van der Waals surface area contributed by atoms with Gasteiger partial charge < -0.3 is 10.8 Å². The lowest BCUT2D eigenvalue weighted by molar-refractivity contribution is -0.142. The van der Waals surface area contributed by atoms with E-state index < -0.39 is 18.6 Å². The molecule has 1 atom stereocenters. The molecule has 0 aliphatic rings. The fourth-order valence-corrected chi connectivity index (χ4v) is 0.724. The SMILES string of the molecule is NCCC(CCF)C(=O)O. The summed E-state index contributed by atoms with van der Waals surface area (Å²) in [6, 6.07) is 0. The number of rotatable bonds is 5. The molecule has 0 bridgehead atoms. The van der Waals surface area contributed by atoms with E-state index in [2.05, 4.69) is 0 Å². The minimum atomic E-state index is -0.955. The summed E-state index contributed by atoms with van der Waals surface area (Å²) in [5.41, 5.74) is 5.11. The van der Waals surface area contributed by atoms with Crippen LogP contribution in [0.2, 0.25) is 0 Å². The Hall–Kier alpha value is -0.640. The van der Waals surface area contributed by atoms with Gasteiger partial charge in [-0.05, 0) is 19.4 Å². The predicted octanol–water partition coefficient (Wildman–Crippen LogP) is 0.396. The first-order chi connectivity index (χ1) is 4.72. The van der Waals surface area contributed by atoms with Gasteiger partial charge in [0.25, 0.3) is 0 Å². The van der Waals surface area contributed by atoms with E-state index in [4.69, 9.17) is 10.8 Å². The third kappa shape index (κ3) is 3.40. The maximum Gasteiger partial charge on any atom is 0.306 e. The van der Waals surface area contributed by atoms with Gasteiger partial charge in [0.15, 0.2) is 0 Å². The highest BCUT2D eigenvalue weighted by atomic mass is 19.1. The van der Waals surface area contributed by atoms with Crippen molar-refractivity contribution in [1.82, 2.24) is 0 Å². The zero-order valence-corrected chi connectivity index (χ0v) is 5.72. The van der Waals surface area contributed by atoms with Gasteiger partial charge in [0, 0.05) is 0 Å². The summed E-state index contributed by atoms with van der Waals surface area (Å²) < 4.78 is 11.6. The second-order valence-electron chi connectivity index (χ2n) is 2.09. The molecule has 0 aliphatic heterocycles. The van der Waals surface area contributed by atoms with Gasteiger partial charge in [-0.3, -0.25) is 9.18 Å². The number of carboxylic acids is 1. The molecule has 0 radical (unpaired) electrons.